The maximum absolute atomic E-state index is 12.5. The number of carbonyl (C=O) groups excluding carboxylic acids is 1. The summed E-state index contributed by atoms with van der Waals surface area (Å²) in [5, 5.41) is 2.69. The van der Waals surface area contributed by atoms with Crippen molar-refractivity contribution in [1.29, 1.82) is 0 Å². The smallest absolute Gasteiger partial charge is 0.291 e. The molecule has 0 aliphatic carbocycles. The number of thioether (sulfide) groups is 1. The summed E-state index contributed by atoms with van der Waals surface area (Å²) in [6.45, 7) is 0. The van der Waals surface area contributed by atoms with Gasteiger partial charge in [0.2, 0.25) is 0 Å². The zero-order chi connectivity index (χ0) is 18.6. The van der Waals surface area contributed by atoms with Crippen molar-refractivity contribution in [2.75, 3.05) is 11.6 Å². The van der Waals surface area contributed by atoms with E-state index in [1.165, 1.54) is 18.4 Å². The molecular formula is C19H17NO4S2. The van der Waals surface area contributed by atoms with Crippen LogP contribution in [0.15, 0.2) is 81.1 Å². The minimum Gasteiger partial charge on any atom is -0.459 e. The number of furan rings is 1. The van der Waals surface area contributed by atoms with Crippen molar-refractivity contribution in [2.24, 2.45) is 0 Å². The molecule has 1 N–H and O–H groups in total. The average molecular weight is 387 g/mol. The van der Waals surface area contributed by atoms with E-state index in [4.69, 9.17) is 4.42 Å². The maximum Gasteiger partial charge on any atom is 0.291 e. The van der Waals surface area contributed by atoms with Crippen molar-refractivity contribution in [3.05, 3.63) is 78.3 Å². The van der Waals surface area contributed by atoms with Crippen LogP contribution in [-0.2, 0) is 15.6 Å². The summed E-state index contributed by atoms with van der Waals surface area (Å²) in [5.74, 6) is 0.398. The van der Waals surface area contributed by atoms with Crippen LogP contribution in [0.1, 0.15) is 16.1 Å². The fraction of sp³-hybridized carbons (Fsp3) is 0.105. The Hall–Kier alpha value is -2.51. The van der Waals surface area contributed by atoms with Gasteiger partial charge in [-0.25, -0.2) is 8.42 Å². The predicted molar refractivity (Wildman–Crippen MR) is 102 cm³/mol. The molecule has 5 nitrogen and oxygen atoms in total. The molecule has 3 rings (SSSR count). The monoisotopic (exact) mass is 387 g/mol. The van der Waals surface area contributed by atoms with Gasteiger partial charge in [0, 0.05) is 28.2 Å². The average Bonchev–Trinajstić information content (AvgIpc) is 3.09. The van der Waals surface area contributed by atoms with Gasteiger partial charge in [0.25, 0.3) is 5.91 Å². The molecule has 0 atom stereocenters. The number of benzene rings is 2. The summed E-state index contributed by atoms with van der Waals surface area (Å²) in [7, 11) is -3.34. The van der Waals surface area contributed by atoms with Gasteiger partial charge in [-0.05, 0) is 36.4 Å². The molecule has 0 spiro atoms. The van der Waals surface area contributed by atoms with Crippen LogP contribution in [0.3, 0.4) is 0 Å². The number of anilines is 1. The number of nitrogens with one attached hydrogen (secondary N) is 1. The summed E-state index contributed by atoms with van der Waals surface area (Å²) in [6.07, 6.45) is 2.60. The Morgan fingerprint density at radius 3 is 2.58 bits per heavy atom. The van der Waals surface area contributed by atoms with Crippen LogP contribution < -0.4 is 5.32 Å². The van der Waals surface area contributed by atoms with E-state index in [1.807, 2.05) is 30.3 Å². The molecule has 0 saturated heterocycles. The summed E-state index contributed by atoms with van der Waals surface area (Å²) in [5.41, 5.74) is 1.17. The van der Waals surface area contributed by atoms with Crippen LogP contribution in [0, 0.1) is 0 Å². The van der Waals surface area contributed by atoms with E-state index < -0.39 is 15.7 Å². The van der Waals surface area contributed by atoms with Crippen LogP contribution in [0.5, 0.6) is 0 Å². The van der Waals surface area contributed by atoms with Gasteiger partial charge in [-0.1, -0.05) is 24.3 Å². The van der Waals surface area contributed by atoms with Gasteiger partial charge in [0.15, 0.2) is 15.6 Å². The highest BCUT2D eigenvalue weighted by atomic mass is 32.2. The molecule has 0 saturated carbocycles. The van der Waals surface area contributed by atoms with Gasteiger partial charge in [0.05, 0.1) is 11.2 Å². The molecule has 2 aromatic carbocycles. The number of amides is 1. The number of sulfone groups is 1. The number of rotatable bonds is 6. The van der Waals surface area contributed by atoms with Crippen LogP contribution in [-0.4, -0.2) is 20.6 Å². The van der Waals surface area contributed by atoms with Crippen LogP contribution in [0.4, 0.5) is 5.69 Å². The Balaban J connectivity index is 1.72. The second-order valence-corrected chi connectivity index (χ2v) is 8.70. The van der Waals surface area contributed by atoms with E-state index in [2.05, 4.69) is 5.32 Å². The summed E-state index contributed by atoms with van der Waals surface area (Å²) in [4.78, 5) is 13.8. The SMILES string of the molecule is CS(=O)(=O)c1cccc(NC(=O)c2occc2CSc2ccccc2)c1. The van der Waals surface area contributed by atoms with E-state index in [1.54, 1.807) is 30.0 Å². The minimum atomic E-state index is -3.34. The lowest BCUT2D eigenvalue weighted by Crippen LogP contribution is -2.13. The molecule has 0 aliphatic rings. The molecule has 1 amide bonds. The first-order chi connectivity index (χ1) is 12.4. The van der Waals surface area contributed by atoms with E-state index in [-0.39, 0.29) is 10.7 Å². The molecule has 1 heterocycles. The third-order valence-corrected chi connectivity index (χ3v) is 5.78. The lowest BCUT2D eigenvalue weighted by Gasteiger charge is -2.07. The molecule has 7 heteroatoms. The van der Waals surface area contributed by atoms with Gasteiger partial charge in [-0.2, -0.15) is 0 Å². The highest BCUT2D eigenvalue weighted by molar-refractivity contribution is 7.98. The third-order valence-electron chi connectivity index (χ3n) is 3.61. The maximum atomic E-state index is 12.5. The molecule has 0 unspecified atom stereocenters. The lowest BCUT2D eigenvalue weighted by atomic mass is 10.2. The Morgan fingerprint density at radius 1 is 1.08 bits per heavy atom. The molecule has 26 heavy (non-hydrogen) atoms. The van der Waals surface area contributed by atoms with Gasteiger partial charge >= 0.3 is 0 Å². The highest BCUT2D eigenvalue weighted by Crippen LogP contribution is 2.25. The quantitative estimate of drug-likeness (QED) is 0.641. The van der Waals surface area contributed by atoms with E-state index in [0.29, 0.717) is 11.4 Å². The largest absolute Gasteiger partial charge is 0.459 e. The topological polar surface area (TPSA) is 76.4 Å². The summed E-state index contributed by atoms with van der Waals surface area (Å²) < 4.78 is 28.6. The molecule has 1 aromatic heterocycles. The Labute approximate surface area is 156 Å². The molecule has 0 bridgehead atoms. The fourth-order valence-electron chi connectivity index (χ4n) is 2.32. The van der Waals surface area contributed by atoms with Crippen molar-refractivity contribution in [3.8, 4) is 0 Å². The van der Waals surface area contributed by atoms with Gasteiger partial charge in [-0.3, -0.25) is 4.79 Å². The minimum absolute atomic E-state index is 0.148. The zero-order valence-electron chi connectivity index (χ0n) is 14.0. The molecular weight excluding hydrogens is 370 g/mol. The molecule has 0 radical (unpaired) electrons. The van der Waals surface area contributed by atoms with Crippen LogP contribution in [0.2, 0.25) is 0 Å². The second-order valence-electron chi connectivity index (χ2n) is 5.63. The zero-order valence-corrected chi connectivity index (χ0v) is 15.6. The number of hydrogen-bond donors (Lipinski definition) is 1. The van der Waals surface area contributed by atoms with Crippen molar-refractivity contribution >= 4 is 33.2 Å². The van der Waals surface area contributed by atoms with E-state index >= 15 is 0 Å². The number of hydrogen-bond acceptors (Lipinski definition) is 5. The van der Waals surface area contributed by atoms with Crippen LogP contribution in [0.25, 0.3) is 0 Å². The Morgan fingerprint density at radius 2 is 1.85 bits per heavy atom. The van der Waals surface area contributed by atoms with Crippen molar-refractivity contribution in [1.82, 2.24) is 0 Å². The second kappa shape index (κ2) is 7.80. The molecule has 134 valence electrons. The van der Waals surface area contributed by atoms with Crippen molar-refractivity contribution < 1.29 is 17.6 Å². The number of carbonyl (C=O) groups is 1. The Kier molecular flexibility index (Phi) is 5.49. The standard InChI is InChI=1S/C19H17NO4S2/c1-26(22,23)17-9-5-6-15(12-17)20-19(21)18-14(10-11-24-18)13-25-16-7-3-2-4-8-16/h2-12H,13H2,1H3,(H,20,21). The lowest BCUT2D eigenvalue weighted by molar-refractivity contribution is 0.0995. The first kappa shape index (κ1) is 18.3. The highest BCUT2D eigenvalue weighted by Gasteiger charge is 2.17. The predicted octanol–water partition coefficient (Wildman–Crippen LogP) is 4.23. The molecule has 0 aliphatic heterocycles. The van der Waals surface area contributed by atoms with Gasteiger partial charge in [0.1, 0.15) is 0 Å². The van der Waals surface area contributed by atoms with Crippen molar-refractivity contribution in [2.45, 2.75) is 15.5 Å². The van der Waals surface area contributed by atoms with Gasteiger partial charge < -0.3 is 9.73 Å². The first-order valence-electron chi connectivity index (χ1n) is 7.79. The summed E-state index contributed by atoms with van der Waals surface area (Å²) in [6, 6.07) is 17.8. The molecule has 3 aromatic rings. The van der Waals surface area contributed by atoms with Gasteiger partial charge in [-0.15, -0.1) is 11.8 Å². The van der Waals surface area contributed by atoms with Crippen molar-refractivity contribution in [3.63, 3.8) is 0 Å². The normalized spacial score (nSPS) is 11.3. The molecule has 0 fully saturated rings. The third kappa shape index (κ3) is 4.56. The van der Waals surface area contributed by atoms with E-state index in [9.17, 15) is 13.2 Å². The van der Waals surface area contributed by atoms with Crippen LogP contribution >= 0.6 is 11.8 Å². The first-order valence-corrected chi connectivity index (χ1v) is 10.7. The summed E-state index contributed by atoms with van der Waals surface area (Å²) >= 11 is 1.60. The van der Waals surface area contributed by atoms with E-state index in [0.717, 1.165) is 16.7 Å². The fourth-order valence-corrected chi connectivity index (χ4v) is 3.88. The Bertz CT molecular complexity index is 1010.